The number of carbonyl (C=O) groups is 1. The van der Waals surface area contributed by atoms with E-state index in [-0.39, 0.29) is 23.3 Å². The minimum Gasteiger partial charge on any atom is -0.326 e. The lowest BCUT2D eigenvalue weighted by Crippen LogP contribution is -2.48. The van der Waals surface area contributed by atoms with Crippen LogP contribution in [0.4, 0.5) is 5.69 Å². The first-order valence-corrected chi connectivity index (χ1v) is 12.6. The summed E-state index contributed by atoms with van der Waals surface area (Å²) in [6, 6.07) is 10.6. The zero-order valence-corrected chi connectivity index (χ0v) is 21.8. The van der Waals surface area contributed by atoms with E-state index in [1.54, 1.807) is 12.1 Å². The Morgan fingerprint density at radius 1 is 1.17 bits per heavy atom. The highest BCUT2D eigenvalue weighted by Gasteiger charge is 2.25. The van der Waals surface area contributed by atoms with Crippen molar-refractivity contribution >= 4 is 57.4 Å². The van der Waals surface area contributed by atoms with Gasteiger partial charge < -0.3 is 15.6 Å². The molecule has 11 heteroatoms. The van der Waals surface area contributed by atoms with Crippen LogP contribution in [0.15, 0.2) is 41.2 Å². The number of hydrogen-bond donors (Lipinski definition) is 3. The number of H-pyrrole nitrogens is 1. The van der Waals surface area contributed by atoms with Crippen molar-refractivity contribution in [2.45, 2.75) is 26.2 Å². The zero-order valence-electron chi connectivity index (χ0n) is 19.5. The first-order valence-electron chi connectivity index (χ1n) is 11.5. The molecule has 0 bridgehead atoms. The number of halogens is 3. The molecule has 3 heterocycles. The zero-order chi connectivity index (χ0) is 25.6. The van der Waals surface area contributed by atoms with E-state index in [0.717, 1.165) is 5.56 Å². The van der Waals surface area contributed by atoms with Crippen LogP contribution in [0.2, 0.25) is 15.1 Å². The molecule has 0 saturated carbocycles. The maximum Gasteiger partial charge on any atom is 0.262 e. The summed E-state index contributed by atoms with van der Waals surface area (Å²) in [6.45, 7) is 5.27. The molecule has 0 unspecified atom stereocenters. The van der Waals surface area contributed by atoms with Crippen molar-refractivity contribution in [3.05, 3.63) is 78.9 Å². The highest BCUT2D eigenvalue weighted by molar-refractivity contribution is 6.40. The minimum atomic E-state index is -0.298. The van der Waals surface area contributed by atoms with Gasteiger partial charge in [-0.05, 0) is 35.7 Å². The maximum atomic E-state index is 13.2. The van der Waals surface area contributed by atoms with Gasteiger partial charge >= 0.3 is 0 Å². The second-order valence-corrected chi connectivity index (χ2v) is 10.4. The van der Waals surface area contributed by atoms with Crippen molar-refractivity contribution < 1.29 is 4.79 Å². The molecule has 0 radical (unpaired) electrons. The molecule has 2 aromatic heterocycles. The van der Waals surface area contributed by atoms with E-state index in [2.05, 4.69) is 20.7 Å². The van der Waals surface area contributed by atoms with Gasteiger partial charge in [0, 0.05) is 30.2 Å². The van der Waals surface area contributed by atoms with Crippen LogP contribution in [0.3, 0.4) is 0 Å². The van der Waals surface area contributed by atoms with Gasteiger partial charge in [0.1, 0.15) is 16.9 Å². The number of anilines is 1. The lowest BCUT2D eigenvalue weighted by molar-refractivity contribution is -0.121. The highest BCUT2D eigenvalue weighted by Crippen LogP contribution is 2.34. The number of carbonyl (C=O) groups excluding carboxylic acids is 1. The van der Waals surface area contributed by atoms with Gasteiger partial charge in [-0.25, -0.2) is 9.67 Å². The minimum absolute atomic E-state index is 0.0132. The average Bonchev–Trinajstić information content (AvgIpc) is 3.12. The molecule has 1 amide bonds. The second-order valence-electron chi connectivity index (χ2n) is 9.10. The van der Waals surface area contributed by atoms with E-state index in [4.69, 9.17) is 39.8 Å². The molecule has 1 aliphatic rings. The quantitative estimate of drug-likeness (QED) is 0.318. The van der Waals surface area contributed by atoms with Crippen molar-refractivity contribution in [3.8, 4) is 5.69 Å². The Hall–Kier alpha value is -2.91. The van der Waals surface area contributed by atoms with E-state index in [9.17, 15) is 9.59 Å². The van der Waals surface area contributed by atoms with Crippen molar-refractivity contribution in [1.82, 2.24) is 25.1 Å². The Bertz CT molecular complexity index is 1520. The van der Waals surface area contributed by atoms with E-state index in [1.807, 2.05) is 38.1 Å². The number of hydrogen-bond acceptors (Lipinski definition) is 5. The number of nitrogens with one attached hydrogen (secondary N) is 3. The number of aromatic amines is 1. The molecule has 8 nitrogen and oxygen atoms in total. The summed E-state index contributed by atoms with van der Waals surface area (Å²) in [7, 11) is 0. The standard InChI is InChI=1S/C25H23Cl3N6O2/c1-12(2)21-20-23(34(33-21)22-17(27)8-15(26)9-18(22)28)31-19(32-25(20)36)7-13-4-3-5-16(6-13)30-24(35)14-10-29-11-14/h3-6,8-9,12,14,29H,7,10-11H2,1-2H3,(H,30,35)(H,31,32,36). The van der Waals surface area contributed by atoms with Crippen molar-refractivity contribution in [2.75, 3.05) is 18.4 Å². The van der Waals surface area contributed by atoms with Crippen LogP contribution in [0.1, 0.15) is 36.8 Å². The Morgan fingerprint density at radius 2 is 1.89 bits per heavy atom. The van der Waals surface area contributed by atoms with Crippen LogP contribution in [0.25, 0.3) is 16.7 Å². The third-order valence-electron chi connectivity index (χ3n) is 6.07. The molecule has 1 saturated heterocycles. The van der Waals surface area contributed by atoms with E-state index < -0.39 is 0 Å². The van der Waals surface area contributed by atoms with Gasteiger partial charge in [0.15, 0.2) is 5.65 Å². The first-order chi connectivity index (χ1) is 17.2. The Morgan fingerprint density at radius 3 is 2.53 bits per heavy atom. The van der Waals surface area contributed by atoms with Crippen LogP contribution in [0, 0.1) is 5.92 Å². The molecule has 186 valence electrons. The molecular weight excluding hydrogens is 523 g/mol. The third kappa shape index (κ3) is 4.74. The summed E-state index contributed by atoms with van der Waals surface area (Å²) in [6.07, 6.45) is 0.337. The average molecular weight is 546 g/mol. The molecule has 4 aromatic rings. The number of benzene rings is 2. The normalized spacial score (nSPS) is 13.8. The molecule has 3 N–H and O–H groups in total. The molecule has 36 heavy (non-hydrogen) atoms. The smallest absolute Gasteiger partial charge is 0.262 e. The van der Waals surface area contributed by atoms with Crippen LogP contribution >= 0.6 is 34.8 Å². The Balaban J connectivity index is 1.55. The largest absolute Gasteiger partial charge is 0.326 e. The Labute approximate surface area is 222 Å². The van der Waals surface area contributed by atoms with E-state index >= 15 is 0 Å². The highest BCUT2D eigenvalue weighted by atomic mass is 35.5. The molecule has 2 aromatic carbocycles. The topological polar surface area (TPSA) is 105 Å². The predicted molar refractivity (Wildman–Crippen MR) is 143 cm³/mol. The van der Waals surface area contributed by atoms with Crippen LogP contribution in [0.5, 0.6) is 0 Å². The van der Waals surface area contributed by atoms with Gasteiger partial charge in [0.25, 0.3) is 5.56 Å². The van der Waals surface area contributed by atoms with Crippen LogP contribution < -0.4 is 16.2 Å². The van der Waals surface area contributed by atoms with Crippen LogP contribution in [-0.2, 0) is 11.2 Å². The van der Waals surface area contributed by atoms with E-state index in [1.165, 1.54) is 4.68 Å². The predicted octanol–water partition coefficient (Wildman–Crippen LogP) is 4.94. The van der Waals surface area contributed by atoms with Gasteiger partial charge in [-0.1, -0.05) is 60.8 Å². The summed E-state index contributed by atoms with van der Waals surface area (Å²) < 4.78 is 1.51. The molecule has 1 aliphatic heterocycles. The lowest BCUT2D eigenvalue weighted by atomic mass is 10.0. The Kier molecular flexibility index (Phi) is 6.78. The van der Waals surface area contributed by atoms with Gasteiger partial charge in [-0.2, -0.15) is 5.10 Å². The summed E-state index contributed by atoms with van der Waals surface area (Å²) in [4.78, 5) is 33.2. The van der Waals surface area contributed by atoms with Gasteiger partial charge in [0.2, 0.25) is 5.91 Å². The van der Waals surface area contributed by atoms with E-state index in [0.29, 0.717) is 68.5 Å². The first kappa shape index (κ1) is 24.8. The van der Waals surface area contributed by atoms with Crippen molar-refractivity contribution in [1.29, 1.82) is 0 Å². The number of aromatic nitrogens is 4. The lowest BCUT2D eigenvalue weighted by Gasteiger charge is -2.25. The van der Waals surface area contributed by atoms with Gasteiger partial charge in [0.05, 0.1) is 21.7 Å². The summed E-state index contributed by atoms with van der Waals surface area (Å²) in [5.74, 6) is 0.368. The number of rotatable bonds is 6. The fourth-order valence-corrected chi connectivity index (χ4v) is 5.12. The summed E-state index contributed by atoms with van der Waals surface area (Å²) in [5.41, 5.74) is 2.61. The van der Waals surface area contributed by atoms with Gasteiger partial charge in [-0.15, -0.1) is 0 Å². The second kappa shape index (κ2) is 9.86. The summed E-state index contributed by atoms with van der Waals surface area (Å²) in [5, 5.41) is 12.1. The molecule has 0 spiro atoms. The maximum absolute atomic E-state index is 13.2. The fraction of sp³-hybridized carbons (Fsp3) is 0.280. The monoisotopic (exact) mass is 544 g/mol. The summed E-state index contributed by atoms with van der Waals surface area (Å²) >= 11 is 19.1. The number of fused-ring (bicyclic) bond motifs is 1. The number of nitrogens with zero attached hydrogens (tertiary/aromatic N) is 3. The van der Waals surface area contributed by atoms with Crippen LogP contribution in [-0.4, -0.2) is 38.7 Å². The van der Waals surface area contributed by atoms with Crippen molar-refractivity contribution in [2.24, 2.45) is 5.92 Å². The SMILES string of the molecule is CC(C)c1nn(-c2c(Cl)cc(Cl)cc2Cl)c2nc(Cc3cccc(NC(=O)C4CNC4)c3)[nH]c(=O)c12. The molecule has 0 aliphatic carbocycles. The van der Waals surface area contributed by atoms with Gasteiger partial charge in [-0.3, -0.25) is 9.59 Å². The van der Waals surface area contributed by atoms with Crippen molar-refractivity contribution in [3.63, 3.8) is 0 Å². The molecule has 0 atom stereocenters. The molecule has 5 rings (SSSR count). The molecular formula is C25H23Cl3N6O2. The third-order valence-corrected chi connectivity index (χ3v) is 6.87. The molecule has 1 fully saturated rings. The number of amides is 1. The fourth-order valence-electron chi connectivity index (χ4n) is 4.15.